The molecule has 1 aromatic carbocycles. The summed E-state index contributed by atoms with van der Waals surface area (Å²) < 4.78 is 2.03. The van der Waals surface area contributed by atoms with Crippen LogP contribution >= 0.6 is 0 Å². The Hall–Kier alpha value is -2.49. The van der Waals surface area contributed by atoms with Crippen molar-refractivity contribution in [2.45, 2.75) is 6.54 Å². The summed E-state index contributed by atoms with van der Waals surface area (Å²) in [5.74, 6) is 0.758. The molecular weight excluding hydrogens is 224 g/mol. The van der Waals surface area contributed by atoms with E-state index in [-0.39, 0.29) is 0 Å². The van der Waals surface area contributed by atoms with Crippen LogP contribution in [0.1, 0.15) is 5.56 Å². The van der Waals surface area contributed by atoms with Crippen molar-refractivity contribution >= 4 is 0 Å². The molecule has 4 heteroatoms. The molecule has 0 radical (unpaired) electrons. The maximum Gasteiger partial charge on any atom is 0.159 e. The van der Waals surface area contributed by atoms with Gasteiger partial charge in [0.15, 0.2) is 5.82 Å². The lowest BCUT2D eigenvalue weighted by Crippen LogP contribution is -2.00. The summed E-state index contributed by atoms with van der Waals surface area (Å²) in [6.07, 6.45) is 9.06. The van der Waals surface area contributed by atoms with Crippen LogP contribution in [0.5, 0.6) is 0 Å². The van der Waals surface area contributed by atoms with Crippen LogP contribution in [-0.2, 0) is 6.54 Å². The minimum atomic E-state index is 0.758. The number of rotatable bonds is 3. The van der Waals surface area contributed by atoms with Gasteiger partial charge in [0, 0.05) is 36.9 Å². The lowest BCUT2D eigenvalue weighted by atomic mass is 10.1. The Bertz CT molecular complexity index is 617. The van der Waals surface area contributed by atoms with E-state index in [0.717, 1.165) is 17.9 Å². The monoisotopic (exact) mass is 236 g/mol. The van der Waals surface area contributed by atoms with E-state index < -0.39 is 0 Å². The Labute approximate surface area is 105 Å². The first kappa shape index (κ1) is 10.7. The largest absolute Gasteiger partial charge is 0.333 e. The molecule has 4 nitrogen and oxygen atoms in total. The zero-order chi connectivity index (χ0) is 12.2. The lowest BCUT2D eigenvalue weighted by molar-refractivity contribution is 0.797. The molecule has 0 saturated carbocycles. The van der Waals surface area contributed by atoms with Gasteiger partial charge in [0.25, 0.3) is 0 Å². The topological polar surface area (TPSA) is 43.6 Å². The molecule has 0 saturated heterocycles. The highest BCUT2D eigenvalue weighted by Crippen LogP contribution is 2.20. The summed E-state index contributed by atoms with van der Waals surface area (Å²) in [7, 11) is 0. The Morgan fingerprint density at radius 3 is 2.56 bits per heavy atom. The molecular formula is C14H12N4. The Morgan fingerprint density at radius 1 is 0.944 bits per heavy atom. The van der Waals surface area contributed by atoms with Crippen molar-refractivity contribution in [3.8, 4) is 11.4 Å². The molecule has 0 N–H and O–H groups in total. The minimum Gasteiger partial charge on any atom is -0.333 e. The molecule has 3 aromatic rings. The van der Waals surface area contributed by atoms with Crippen molar-refractivity contribution in [1.29, 1.82) is 0 Å². The standard InChI is InChI=1S/C14H12N4/c1-2-5-13(14-16-6-3-7-17-14)12(4-1)10-18-9-8-15-11-18/h1-9,11H,10H2. The van der Waals surface area contributed by atoms with E-state index in [4.69, 9.17) is 0 Å². The summed E-state index contributed by atoms with van der Waals surface area (Å²) in [6, 6.07) is 9.98. The molecule has 0 atom stereocenters. The second kappa shape index (κ2) is 4.79. The summed E-state index contributed by atoms with van der Waals surface area (Å²) >= 11 is 0. The summed E-state index contributed by atoms with van der Waals surface area (Å²) in [4.78, 5) is 12.7. The van der Waals surface area contributed by atoms with Crippen LogP contribution in [0.25, 0.3) is 11.4 Å². The van der Waals surface area contributed by atoms with Crippen LogP contribution in [0.3, 0.4) is 0 Å². The van der Waals surface area contributed by atoms with Crippen molar-refractivity contribution in [2.75, 3.05) is 0 Å². The second-order valence-corrected chi connectivity index (χ2v) is 3.96. The number of hydrogen-bond acceptors (Lipinski definition) is 3. The predicted molar refractivity (Wildman–Crippen MR) is 68.8 cm³/mol. The zero-order valence-electron chi connectivity index (χ0n) is 9.77. The van der Waals surface area contributed by atoms with Crippen LogP contribution in [-0.4, -0.2) is 19.5 Å². The summed E-state index contributed by atoms with van der Waals surface area (Å²) in [5, 5.41) is 0. The average molecular weight is 236 g/mol. The van der Waals surface area contributed by atoms with Gasteiger partial charge in [-0.3, -0.25) is 0 Å². The molecule has 3 rings (SSSR count). The first-order valence-corrected chi connectivity index (χ1v) is 5.74. The quantitative estimate of drug-likeness (QED) is 0.701. The highest BCUT2D eigenvalue weighted by molar-refractivity contribution is 5.59. The average Bonchev–Trinajstić information content (AvgIpc) is 2.93. The van der Waals surface area contributed by atoms with Crippen molar-refractivity contribution in [1.82, 2.24) is 19.5 Å². The molecule has 0 spiro atoms. The molecule has 0 unspecified atom stereocenters. The Kier molecular flexibility index (Phi) is 2.84. The molecule has 2 heterocycles. The van der Waals surface area contributed by atoms with Crippen molar-refractivity contribution in [3.05, 3.63) is 67.0 Å². The normalized spacial score (nSPS) is 10.4. The number of benzene rings is 1. The SMILES string of the molecule is c1cnc(-c2ccccc2Cn2ccnc2)nc1. The maximum atomic E-state index is 4.30. The molecule has 0 aliphatic rings. The maximum absolute atomic E-state index is 4.30. The van der Waals surface area contributed by atoms with E-state index in [1.165, 1.54) is 5.56 Å². The second-order valence-electron chi connectivity index (χ2n) is 3.96. The zero-order valence-corrected chi connectivity index (χ0v) is 9.77. The van der Waals surface area contributed by atoms with E-state index in [9.17, 15) is 0 Å². The fourth-order valence-electron chi connectivity index (χ4n) is 1.89. The van der Waals surface area contributed by atoms with Gasteiger partial charge < -0.3 is 4.57 Å². The summed E-state index contributed by atoms with van der Waals surface area (Å²) in [5.41, 5.74) is 2.24. The lowest BCUT2D eigenvalue weighted by Gasteiger charge is -2.08. The van der Waals surface area contributed by atoms with Gasteiger partial charge in [0.1, 0.15) is 0 Å². The Balaban J connectivity index is 2.00. The third-order valence-electron chi connectivity index (χ3n) is 2.74. The van der Waals surface area contributed by atoms with Gasteiger partial charge in [-0.25, -0.2) is 15.0 Å². The third kappa shape index (κ3) is 2.13. The van der Waals surface area contributed by atoms with Crippen LogP contribution < -0.4 is 0 Å². The van der Waals surface area contributed by atoms with E-state index in [2.05, 4.69) is 21.0 Å². The van der Waals surface area contributed by atoms with E-state index in [0.29, 0.717) is 0 Å². The van der Waals surface area contributed by atoms with Crippen LogP contribution in [0.15, 0.2) is 61.4 Å². The number of nitrogens with zero attached hydrogens (tertiary/aromatic N) is 4. The highest BCUT2D eigenvalue weighted by Gasteiger charge is 2.06. The van der Waals surface area contributed by atoms with Crippen LogP contribution in [0.4, 0.5) is 0 Å². The highest BCUT2D eigenvalue weighted by atomic mass is 15.0. The van der Waals surface area contributed by atoms with Gasteiger partial charge >= 0.3 is 0 Å². The van der Waals surface area contributed by atoms with Gasteiger partial charge in [0.05, 0.1) is 6.33 Å². The summed E-state index contributed by atoms with van der Waals surface area (Å²) in [6.45, 7) is 0.772. The third-order valence-corrected chi connectivity index (χ3v) is 2.74. The number of hydrogen-bond donors (Lipinski definition) is 0. The van der Waals surface area contributed by atoms with E-state index >= 15 is 0 Å². The molecule has 0 bridgehead atoms. The smallest absolute Gasteiger partial charge is 0.159 e. The molecule has 0 amide bonds. The number of aromatic nitrogens is 4. The molecule has 0 fully saturated rings. The van der Waals surface area contributed by atoms with E-state index in [1.807, 2.05) is 41.4 Å². The van der Waals surface area contributed by atoms with Crippen molar-refractivity contribution in [3.63, 3.8) is 0 Å². The van der Waals surface area contributed by atoms with Gasteiger partial charge in [0.2, 0.25) is 0 Å². The molecule has 18 heavy (non-hydrogen) atoms. The number of imidazole rings is 1. The molecule has 0 aliphatic carbocycles. The van der Waals surface area contributed by atoms with Gasteiger partial charge in [-0.2, -0.15) is 0 Å². The van der Waals surface area contributed by atoms with Crippen molar-refractivity contribution < 1.29 is 0 Å². The first-order valence-electron chi connectivity index (χ1n) is 5.74. The molecule has 88 valence electrons. The fraction of sp³-hybridized carbons (Fsp3) is 0.0714. The van der Waals surface area contributed by atoms with Crippen LogP contribution in [0, 0.1) is 0 Å². The fourth-order valence-corrected chi connectivity index (χ4v) is 1.89. The van der Waals surface area contributed by atoms with Gasteiger partial charge in [-0.05, 0) is 11.6 Å². The predicted octanol–water partition coefficient (Wildman–Crippen LogP) is 2.39. The van der Waals surface area contributed by atoms with E-state index in [1.54, 1.807) is 18.6 Å². The minimum absolute atomic E-state index is 0.758. The van der Waals surface area contributed by atoms with Crippen LogP contribution in [0.2, 0.25) is 0 Å². The Morgan fingerprint density at radius 2 is 1.78 bits per heavy atom. The van der Waals surface area contributed by atoms with Crippen molar-refractivity contribution in [2.24, 2.45) is 0 Å². The molecule has 0 aliphatic heterocycles. The first-order chi connectivity index (χ1) is 8.93. The van der Waals surface area contributed by atoms with Gasteiger partial charge in [-0.1, -0.05) is 24.3 Å². The van der Waals surface area contributed by atoms with Gasteiger partial charge in [-0.15, -0.1) is 0 Å². The molecule has 2 aromatic heterocycles.